The summed E-state index contributed by atoms with van der Waals surface area (Å²) >= 11 is 0. The molecule has 0 aliphatic carbocycles. The molecule has 5 unspecified atom stereocenters. The highest BCUT2D eigenvalue weighted by Gasteiger charge is 2.30. The molecule has 0 rings (SSSR count). The van der Waals surface area contributed by atoms with E-state index in [-0.39, 0.29) is 25.7 Å². The van der Waals surface area contributed by atoms with Gasteiger partial charge in [0.15, 0.2) is 12.2 Å². The molecular weight excluding hydrogens is 1280 g/mol. The fourth-order valence-electron chi connectivity index (χ4n) is 8.99. The van der Waals surface area contributed by atoms with E-state index in [9.17, 15) is 43.2 Å². The Morgan fingerprint density at radius 1 is 0.306 bits per heavy atom. The van der Waals surface area contributed by atoms with Gasteiger partial charge in [-0.25, -0.2) is 9.13 Å². The minimum Gasteiger partial charge on any atom is -0.461 e. The van der Waals surface area contributed by atoms with Crippen LogP contribution in [-0.4, -0.2) is 96.7 Å². The lowest BCUT2D eigenvalue weighted by molar-refractivity contribution is -0.161. The molecule has 0 bridgehead atoms. The normalized spacial score (nSPS) is 14.9. The van der Waals surface area contributed by atoms with E-state index >= 15 is 0 Å². The summed E-state index contributed by atoms with van der Waals surface area (Å²) in [6.07, 6.45) is 80.2. The maximum absolute atomic E-state index is 13.1. The van der Waals surface area contributed by atoms with Crippen molar-refractivity contribution >= 4 is 39.5 Å². The Balaban J connectivity index is 5.51. The van der Waals surface area contributed by atoms with E-state index in [0.29, 0.717) is 25.7 Å². The second-order valence-corrected chi connectivity index (χ2v) is 26.7. The number of carbonyl (C=O) groups is 4. The molecule has 0 aromatic rings. The first-order valence-corrected chi connectivity index (χ1v) is 39.7. The number of hydrogen-bond donors (Lipinski definition) is 3. The SMILES string of the molecule is CC/C=C\C/C=C\C/C=C\C/C=C\C/C=C\CC(=O)OCC(COP(=O)(O)OCC(O)COP(=O)(O)OCC(COC(=O)C/C=C\C/C=C\C/C=C\C/C=C\C/C=C\CC)OC(=O)CCCCCCC/C=C\CCCCCCCC)OC(=O)CCCCCCC/C=C\C/C=C\CCC. The van der Waals surface area contributed by atoms with Gasteiger partial charge in [0, 0.05) is 12.8 Å². The van der Waals surface area contributed by atoms with Gasteiger partial charge in [-0.15, -0.1) is 0 Å². The quantitative estimate of drug-likeness (QED) is 0.0169. The predicted molar refractivity (Wildman–Crippen MR) is 399 cm³/mol. The summed E-state index contributed by atoms with van der Waals surface area (Å²) in [5.74, 6) is -2.51. The summed E-state index contributed by atoms with van der Waals surface area (Å²) in [5.41, 5.74) is 0. The van der Waals surface area contributed by atoms with Crippen molar-refractivity contribution < 1.29 is 80.2 Å². The van der Waals surface area contributed by atoms with Crippen LogP contribution in [0.25, 0.3) is 0 Å². The number of carbonyl (C=O) groups excluding carboxylic acids is 4. The first kappa shape index (κ1) is 92.7. The molecule has 0 spiro atoms. The highest BCUT2D eigenvalue weighted by molar-refractivity contribution is 7.47. The monoisotopic (exact) mass is 1410 g/mol. The highest BCUT2D eigenvalue weighted by atomic mass is 31.2. The van der Waals surface area contributed by atoms with Gasteiger partial charge in [0.1, 0.15) is 19.3 Å². The van der Waals surface area contributed by atoms with Gasteiger partial charge in [-0.05, 0) is 128 Å². The van der Waals surface area contributed by atoms with E-state index in [2.05, 4.69) is 137 Å². The molecule has 556 valence electrons. The van der Waals surface area contributed by atoms with Crippen molar-refractivity contribution in [1.29, 1.82) is 0 Å². The van der Waals surface area contributed by atoms with Crippen LogP contribution in [0.1, 0.15) is 259 Å². The van der Waals surface area contributed by atoms with Gasteiger partial charge in [-0.3, -0.25) is 37.3 Å². The maximum atomic E-state index is 13.1. The average molecular weight is 1410 g/mol. The molecule has 0 amide bonds. The number of unbranched alkanes of at least 4 members (excludes halogenated alkanes) is 17. The van der Waals surface area contributed by atoms with Gasteiger partial charge in [0.05, 0.1) is 39.3 Å². The maximum Gasteiger partial charge on any atom is 0.472 e. The van der Waals surface area contributed by atoms with Crippen molar-refractivity contribution in [3.05, 3.63) is 158 Å². The Bertz CT molecular complexity index is 2480. The van der Waals surface area contributed by atoms with Gasteiger partial charge in [0.25, 0.3) is 0 Å². The van der Waals surface area contributed by atoms with Crippen LogP contribution in [0, 0.1) is 0 Å². The molecule has 0 aliphatic heterocycles. The number of aliphatic hydroxyl groups excluding tert-OH is 1. The van der Waals surface area contributed by atoms with Gasteiger partial charge in [-0.2, -0.15) is 0 Å². The van der Waals surface area contributed by atoms with Crippen LogP contribution in [0.5, 0.6) is 0 Å². The summed E-state index contributed by atoms with van der Waals surface area (Å²) < 4.78 is 68.1. The van der Waals surface area contributed by atoms with Crippen LogP contribution in [-0.2, 0) is 65.4 Å². The van der Waals surface area contributed by atoms with Crippen molar-refractivity contribution in [1.82, 2.24) is 0 Å². The molecule has 0 heterocycles. The predicted octanol–water partition coefficient (Wildman–Crippen LogP) is 20.9. The first-order chi connectivity index (χ1) is 47.7. The van der Waals surface area contributed by atoms with Gasteiger partial charge < -0.3 is 33.8 Å². The summed E-state index contributed by atoms with van der Waals surface area (Å²) in [6, 6.07) is 0. The van der Waals surface area contributed by atoms with Gasteiger partial charge in [-0.1, -0.05) is 263 Å². The average Bonchev–Trinajstić information content (AvgIpc) is 0.959. The number of phosphoric acid groups is 2. The molecule has 0 saturated heterocycles. The van der Waals surface area contributed by atoms with Crippen LogP contribution in [0.15, 0.2) is 158 Å². The largest absolute Gasteiger partial charge is 0.472 e. The Hall–Kier alpha value is -5.32. The van der Waals surface area contributed by atoms with Crippen LogP contribution >= 0.6 is 15.6 Å². The molecule has 0 radical (unpaired) electrons. The molecule has 0 aromatic heterocycles. The van der Waals surface area contributed by atoms with E-state index in [0.717, 1.165) is 141 Å². The van der Waals surface area contributed by atoms with Crippen molar-refractivity contribution in [2.45, 2.75) is 277 Å². The standard InChI is InChI=1S/C79H128O17P2/c1-5-9-13-17-21-25-29-33-36-40-43-47-51-55-59-63-76(81)89-69-74(95-78(83)65-61-57-53-49-45-39-32-28-24-20-16-12-8-4)71-93-97(85,86)91-67-73(80)68-92-98(87,88)94-72-75(96-79(84)66-62-58-54-50-46-42-38-35-31-27-23-19-15-11-7-3)70-90-77(82)64-60-56-52-48-44-41-37-34-30-26-22-18-14-10-6-2/h9-10,13-14,16,20-22,25-26,28,32-38,43-44,47-48,55-56,59-60,73-75,80H,5-8,11-12,15,17-19,23-24,27,29-31,39-42,45-46,49-54,57-58,61-72H2,1-4H3,(H,85,86)(H,87,88)/b13-9-,14-10-,20-16-,25-21-,26-22-,32-28-,36-33-,37-34-,38-35-,47-43-,48-44-,59-55-,60-56-. The van der Waals surface area contributed by atoms with E-state index < -0.39 is 97.5 Å². The summed E-state index contributed by atoms with van der Waals surface area (Å²) in [4.78, 5) is 72.6. The molecular formula is C79H128O17P2. The van der Waals surface area contributed by atoms with Crippen LogP contribution in [0.2, 0.25) is 0 Å². The van der Waals surface area contributed by atoms with Crippen molar-refractivity contribution in [3.63, 3.8) is 0 Å². The zero-order valence-corrected chi connectivity index (χ0v) is 62.2. The molecule has 0 aliphatic rings. The molecule has 19 heteroatoms. The van der Waals surface area contributed by atoms with E-state index in [1.807, 2.05) is 36.5 Å². The lowest BCUT2D eigenvalue weighted by Gasteiger charge is -2.21. The summed E-state index contributed by atoms with van der Waals surface area (Å²) in [5, 5.41) is 10.6. The topological polar surface area (TPSA) is 237 Å². The molecule has 3 N–H and O–H groups in total. The third-order valence-corrected chi connectivity index (χ3v) is 16.4. The fourth-order valence-corrected chi connectivity index (χ4v) is 10.6. The number of phosphoric ester groups is 2. The number of esters is 4. The number of allylic oxidation sites excluding steroid dienone is 24. The van der Waals surface area contributed by atoms with Crippen molar-refractivity contribution in [3.8, 4) is 0 Å². The van der Waals surface area contributed by atoms with E-state index in [1.165, 1.54) is 38.5 Å². The van der Waals surface area contributed by atoms with Crippen LogP contribution in [0.4, 0.5) is 0 Å². The number of ether oxygens (including phenoxy) is 4. The van der Waals surface area contributed by atoms with Gasteiger partial charge in [0.2, 0.25) is 0 Å². The molecule has 0 fully saturated rings. The highest BCUT2D eigenvalue weighted by Crippen LogP contribution is 2.45. The third-order valence-electron chi connectivity index (χ3n) is 14.5. The summed E-state index contributed by atoms with van der Waals surface area (Å²) in [7, 11) is -10.0. The second-order valence-electron chi connectivity index (χ2n) is 23.8. The zero-order valence-electron chi connectivity index (χ0n) is 60.4. The molecule has 0 aromatic carbocycles. The second kappa shape index (κ2) is 70.1. The van der Waals surface area contributed by atoms with E-state index in [4.69, 9.17) is 37.0 Å². The fraction of sp³-hybridized carbons (Fsp3) is 0.620. The molecule has 5 atom stereocenters. The number of rotatable bonds is 67. The molecule has 17 nitrogen and oxygen atoms in total. The summed E-state index contributed by atoms with van der Waals surface area (Å²) in [6.45, 7) is 4.28. The van der Waals surface area contributed by atoms with Crippen molar-refractivity contribution in [2.24, 2.45) is 0 Å². The Morgan fingerprint density at radius 2 is 0.582 bits per heavy atom. The zero-order chi connectivity index (χ0) is 71.8. The number of aliphatic hydroxyl groups is 1. The van der Waals surface area contributed by atoms with E-state index in [1.54, 1.807) is 12.2 Å². The van der Waals surface area contributed by atoms with Gasteiger partial charge >= 0.3 is 39.5 Å². The smallest absolute Gasteiger partial charge is 0.461 e. The minimum atomic E-state index is -5.01. The Labute approximate surface area is 591 Å². The third kappa shape index (κ3) is 69.2. The minimum absolute atomic E-state index is 0.0518. The lowest BCUT2D eigenvalue weighted by atomic mass is 10.1. The lowest BCUT2D eigenvalue weighted by Crippen LogP contribution is -2.30. The molecule has 0 saturated carbocycles. The Morgan fingerprint density at radius 3 is 0.918 bits per heavy atom. The van der Waals surface area contributed by atoms with Crippen LogP contribution in [0.3, 0.4) is 0 Å². The number of hydrogen-bond acceptors (Lipinski definition) is 15. The Kier molecular flexibility index (Phi) is 66.3. The van der Waals surface area contributed by atoms with Crippen molar-refractivity contribution in [2.75, 3.05) is 39.6 Å². The first-order valence-electron chi connectivity index (χ1n) is 36.7. The molecule has 98 heavy (non-hydrogen) atoms. The van der Waals surface area contributed by atoms with Crippen LogP contribution < -0.4 is 0 Å².